The Morgan fingerprint density at radius 2 is 1.60 bits per heavy atom. The molecule has 0 bridgehead atoms. The number of benzene rings is 3. The molecule has 1 aliphatic heterocycles. The van der Waals surface area contributed by atoms with Gasteiger partial charge in [0.05, 0.1) is 5.56 Å². The van der Waals surface area contributed by atoms with Gasteiger partial charge in [-0.25, -0.2) is 14.8 Å². The van der Waals surface area contributed by atoms with Crippen LogP contribution in [0, 0.1) is 0 Å². The molecule has 222 valence electrons. The summed E-state index contributed by atoms with van der Waals surface area (Å²) in [5.41, 5.74) is 1.29. The molecule has 2 heterocycles. The zero-order valence-corrected chi connectivity index (χ0v) is 23.6. The number of nitrogens with one attached hydrogen (secondary N) is 1. The number of hydrogen-bond acceptors (Lipinski definition) is 5. The Labute approximate surface area is 251 Å². The maximum atomic E-state index is 13.4. The maximum Gasteiger partial charge on any atom is 0.416 e. The molecule has 0 aliphatic carbocycles. The second-order valence-electron chi connectivity index (χ2n) is 10.4. The van der Waals surface area contributed by atoms with Gasteiger partial charge >= 0.3 is 12.1 Å². The third-order valence-corrected chi connectivity index (χ3v) is 7.71. The summed E-state index contributed by atoms with van der Waals surface area (Å²) in [5.74, 6) is -1.11. The van der Waals surface area contributed by atoms with E-state index in [2.05, 4.69) is 27.4 Å². The first-order valence-electron chi connectivity index (χ1n) is 13.7. The van der Waals surface area contributed by atoms with Crippen molar-refractivity contribution in [1.29, 1.82) is 0 Å². The first kappa shape index (κ1) is 30.0. The van der Waals surface area contributed by atoms with Crippen LogP contribution in [0.5, 0.6) is 0 Å². The maximum absolute atomic E-state index is 13.4. The van der Waals surface area contributed by atoms with Crippen molar-refractivity contribution in [1.82, 2.24) is 15.3 Å². The third-order valence-electron chi connectivity index (χ3n) is 7.46. The van der Waals surface area contributed by atoms with Gasteiger partial charge in [0.15, 0.2) is 5.82 Å². The molecular weight excluding hydrogens is 581 g/mol. The summed E-state index contributed by atoms with van der Waals surface area (Å²) in [6, 6.07) is 21.4. The summed E-state index contributed by atoms with van der Waals surface area (Å²) in [6.45, 7) is 1.27. The van der Waals surface area contributed by atoms with Crippen LogP contribution in [0.1, 0.15) is 45.9 Å². The van der Waals surface area contributed by atoms with E-state index in [0.29, 0.717) is 41.0 Å². The third kappa shape index (κ3) is 7.50. The average Bonchev–Trinajstić information content (AvgIpc) is 3.01. The van der Waals surface area contributed by atoms with Crippen LogP contribution in [0.25, 0.3) is 11.4 Å². The number of anilines is 1. The molecule has 1 aliphatic rings. The van der Waals surface area contributed by atoms with Gasteiger partial charge in [0.1, 0.15) is 17.6 Å². The molecule has 1 atom stereocenters. The Morgan fingerprint density at radius 1 is 0.953 bits per heavy atom. The van der Waals surface area contributed by atoms with Crippen molar-refractivity contribution in [2.24, 2.45) is 0 Å². The summed E-state index contributed by atoms with van der Waals surface area (Å²) in [6.07, 6.45) is -2.82. The molecular formula is C32H28ClF3N4O3. The number of piperidine rings is 1. The quantitative estimate of drug-likeness (QED) is 0.233. The first-order valence-corrected chi connectivity index (χ1v) is 14.1. The fourth-order valence-corrected chi connectivity index (χ4v) is 5.23. The van der Waals surface area contributed by atoms with Gasteiger partial charge in [0.25, 0.3) is 5.91 Å². The highest BCUT2D eigenvalue weighted by molar-refractivity contribution is 6.30. The van der Waals surface area contributed by atoms with E-state index in [1.807, 2.05) is 23.1 Å². The molecule has 2 N–H and O–H groups in total. The highest BCUT2D eigenvalue weighted by Gasteiger charge is 2.30. The van der Waals surface area contributed by atoms with E-state index >= 15 is 0 Å². The number of alkyl halides is 3. The predicted octanol–water partition coefficient (Wildman–Crippen LogP) is 6.63. The van der Waals surface area contributed by atoms with E-state index in [0.717, 1.165) is 25.0 Å². The van der Waals surface area contributed by atoms with Crippen LogP contribution < -0.4 is 10.2 Å². The molecule has 1 saturated heterocycles. The van der Waals surface area contributed by atoms with E-state index in [9.17, 15) is 27.9 Å². The number of rotatable bonds is 8. The lowest BCUT2D eigenvalue weighted by Crippen LogP contribution is -2.42. The van der Waals surface area contributed by atoms with E-state index in [-0.39, 0.29) is 17.9 Å². The molecule has 0 spiro atoms. The number of carboxylic acids is 1. The number of aliphatic carboxylic acids is 1. The van der Waals surface area contributed by atoms with Crippen LogP contribution in [0.2, 0.25) is 5.02 Å². The first-order chi connectivity index (χ1) is 20.6. The molecule has 7 nitrogen and oxygen atoms in total. The summed E-state index contributed by atoms with van der Waals surface area (Å²) in [5, 5.41) is 12.8. The van der Waals surface area contributed by atoms with E-state index < -0.39 is 29.7 Å². The van der Waals surface area contributed by atoms with Gasteiger partial charge in [-0.1, -0.05) is 66.2 Å². The molecule has 3 aromatic carbocycles. The van der Waals surface area contributed by atoms with Crippen molar-refractivity contribution in [3.05, 3.63) is 112 Å². The van der Waals surface area contributed by atoms with Crippen molar-refractivity contribution in [3.8, 4) is 11.4 Å². The van der Waals surface area contributed by atoms with Crippen LogP contribution in [0.3, 0.4) is 0 Å². The Bertz CT molecular complexity index is 1570. The fourth-order valence-electron chi connectivity index (χ4n) is 5.11. The van der Waals surface area contributed by atoms with E-state index in [1.54, 1.807) is 24.3 Å². The molecule has 43 heavy (non-hydrogen) atoms. The predicted molar refractivity (Wildman–Crippen MR) is 157 cm³/mol. The SMILES string of the molecule is O=C(NC(Cc1ccc(Cl)cc1)C(=O)O)c1cc(N2CCC(c3ccccc3)CC2)nc(-c2ccc(C(F)(F)F)cc2)n1. The molecule has 5 rings (SSSR count). The number of amides is 1. The normalized spacial score (nSPS) is 14.7. The highest BCUT2D eigenvalue weighted by atomic mass is 35.5. The van der Waals surface area contributed by atoms with Crippen LogP contribution in [-0.2, 0) is 17.4 Å². The van der Waals surface area contributed by atoms with Gasteiger partial charge in [0, 0.05) is 36.2 Å². The smallest absolute Gasteiger partial charge is 0.416 e. The number of nitrogens with zero attached hydrogens (tertiary/aromatic N) is 3. The number of carbonyl (C=O) groups excluding carboxylic acids is 1. The lowest BCUT2D eigenvalue weighted by atomic mass is 9.89. The van der Waals surface area contributed by atoms with Crippen LogP contribution in [0.4, 0.5) is 19.0 Å². The average molecular weight is 609 g/mol. The number of hydrogen-bond donors (Lipinski definition) is 2. The topological polar surface area (TPSA) is 95.4 Å². The van der Waals surface area contributed by atoms with Gasteiger partial charge in [-0.05, 0) is 54.2 Å². The minimum atomic E-state index is -4.51. The summed E-state index contributed by atoms with van der Waals surface area (Å²) in [7, 11) is 0. The molecule has 0 saturated carbocycles. The number of carboxylic acid groups (broad SMARTS) is 1. The molecule has 1 unspecified atom stereocenters. The van der Waals surface area contributed by atoms with Gasteiger partial charge in [-0.2, -0.15) is 13.2 Å². The van der Waals surface area contributed by atoms with Crippen molar-refractivity contribution in [3.63, 3.8) is 0 Å². The van der Waals surface area contributed by atoms with Gasteiger partial charge < -0.3 is 15.3 Å². The number of carbonyl (C=O) groups is 2. The van der Waals surface area contributed by atoms with Crippen LogP contribution >= 0.6 is 11.6 Å². The van der Waals surface area contributed by atoms with Crippen molar-refractivity contribution in [2.45, 2.75) is 37.4 Å². The minimum Gasteiger partial charge on any atom is -0.480 e. The van der Waals surface area contributed by atoms with E-state index in [4.69, 9.17) is 11.6 Å². The fraction of sp³-hybridized carbons (Fsp3) is 0.250. The standard InChI is InChI=1S/C32H28ClF3N4O3/c33-25-12-6-20(7-13-25)18-27(31(42)43)38-30(41)26-19-28(40-16-14-22(15-17-40)21-4-2-1-3-5-21)39-29(37-26)23-8-10-24(11-9-23)32(34,35)36/h1-13,19,22,27H,14-18H2,(H,38,41)(H,42,43). The molecule has 0 radical (unpaired) electrons. The van der Waals surface area contributed by atoms with E-state index in [1.165, 1.54) is 23.8 Å². The minimum absolute atomic E-state index is 0.00887. The lowest BCUT2D eigenvalue weighted by molar-refractivity contribution is -0.139. The molecule has 11 heteroatoms. The number of halogens is 4. The lowest BCUT2D eigenvalue weighted by Gasteiger charge is -2.33. The molecule has 1 fully saturated rings. The van der Waals surface area contributed by atoms with Gasteiger partial charge in [-0.15, -0.1) is 0 Å². The van der Waals surface area contributed by atoms with Gasteiger partial charge in [0.2, 0.25) is 0 Å². The zero-order chi connectivity index (χ0) is 30.6. The molecule has 1 aromatic heterocycles. The summed E-state index contributed by atoms with van der Waals surface area (Å²) in [4.78, 5) is 36.4. The summed E-state index contributed by atoms with van der Waals surface area (Å²) >= 11 is 5.93. The van der Waals surface area contributed by atoms with Crippen LogP contribution in [-0.4, -0.2) is 46.1 Å². The van der Waals surface area contributed by atoms with Gasteiger partial charge in [-0.3, -0.25) is 4.79 Å². The largest absolute Gasteiger partial charge is 0.480 e. The number of aromatic nitrogens is 2. The Balaban J connectivity index is 1.42. The Morgan fingerprint density at radius 3 is 2.21 bits per heavy atom. The Hall–Kier alpha value is -4.44. The van der Waals surface area contributed by atoms with Crippen molar-refractivity contribution in [2.75, 3.05) is 18.0 Å². The van der Waals surface area contributed by atoms with Crippen LogP contribution in [0.15, 0.2) is 84.9 Å². The monoisotopic (exact) mass is 608 g/mol. The zero-order valence-electron chi connectivity index (χ0n) is 22.9. The second-order valence-corrected chi connectivity index (χ2v) is 10.8. The highest BCUT2D eigenvalue weighted by Crippen LogP contribution is 2.33. The molecule has 1 amide bonds. The Kier molecular flexibility index (Phi) is 8.96. The van der Waals surface area contributed by atoms with Crippen molar-refractivity contribution < 1.29 is 27.9 Å². The summed E-state index contributed by atoms with van der Waals surface area (Å²) < 4.78 is 39.5. The molecule has 4 aromatic rings. The van der Waals surface area contributed by atoms with Crippen molar-refractivity contribution >= 4 is 29.3 Å². The second kappa shape index (κ2) is 12.8.